The molecule has 17 heavy (non-hydrogen) atoms. The Kier molecular flexibility index (Phi) is 7.52. The van der Waals surface area contributed by atoms with Gasteiger partial charge in [-0.1, -0.05) is 46.9 Å². The SMILES string of the molecule is CCC(CCCl)CNCc1ccc(Br)cc1Cl. The van der Waals surface area contributed by atoms with Crippen molar-refractivity contribution in [3.05, 3.63) is 33.3 Å². The summed E-state index contributed by atoms with van der Waals surface area (Å²) in [6.07, 6.45) is 2.23. The third-order valence-corrected chi connectivity index (χ3v) is 3.92. The summed E-state index contributed by atoms with van der Waals surface area (Å²) in [6, 6.07) is 5.98. The van der Waals surface area contributed by atoms with E-state index in [9.17, 15) is 0 Å². The highest BCUT2D eigenvalue weighted by atomic mass is 79.9. The predicted octanol–water partition coefficient (Wildman–Crippen LogP) is 4.85. The van der Waals surface area contributed by atoms with Crippen LogP contribution in [0.3, 0.4) is 0 Å². The number of alkyl halides is 1. The van der Waals surface area contributed by atoms with Crippen LogP contribution in [0.5, 0.6) is 0 Å². The third kappa shape index (κ3) is 5.60. The van der Waals surface area contributed by atoms with Crippen molar-refractivity contribution in [2.75, 3.05) is 12.4 Å². The summed E-state index contributed by atoms with van der Waals surface area (Å²) in [5.41, 5.74) is 1.13. The number of benzene rings is 1. The van der Waals surface area contributed by atoms with Crippen LogP contribution in [0.2, 0.25) is 5.02 Å². The molecule has 0 radical (unpaired) electrons. The molecule has 0 spiro atoms. The fraction of sp³-hybridized carbons (Fsp3) is 0.538. The van der Waals surface area contributed by atoms with Crippen molar-refractivity contribution in [1.29, 1.82) is 0 Å². The molecular formula is C13H18BrCl2N. The van der Waals surface area contributed by atoms with Crippen molar-refractivity contribution >= 4 is 39.1 Å². The van der Waals surface area contributed by atoms with Crippen LogP contribution in [0, 0.1) is 5.92 Å². The number of hydrogen-bond acceptors (Lipinski definition) is 1. The van der Waals surface area contributed by atoms with Crippen LogP contribution >= 0.6 is 39.1 Å². The van der Waals surface area contributed by atoms with Gasteiger partial charge in [0.25, 0.3) is 0 Å². The van der Waals surface area contributed by atoms with E-state index in [-0.39, 0.29) is 0 Å². The van der Waals surface area contributed by atoms with E-state index >= 15 is 0 Å². The van der Waals surface area contributed by atoms with Crippen LogP contribution in [-0.4, -0.2) is 12.4 Å². The molecular weight excluding hydrogens is 321 g/mol. The Bertz CT molecular complexity index is 344. The summed E-state index contributed by atoms with van der Waals surface area (Å²) in [5.74, 6) is 1.39. The first-order chi connectivity index (χ1) is 8.17. The molecule has 1 aromatic rings. The molecule has 1 rings (SSSR count). The van der Waals surface area contributed by atoms with Crippen molar-refractivity contribution < 1.29 is 0 Å². The van der Waals surface area contributed by atoms with Crippen molar-refractivity contribution in [2.24, 2.45) is 5.92 Å². The van der Waals surface area contributed by atoms with Crippen molar-refractivity contribution in [1.82, 2.24) is 5.32 Å². The molecule has 0 saturated carbocycles. The molecule has 0 fully saturated rings. The molecule has 0 saturated heterocycles. The zero-order chi connectivity index (χ0) is 12.7. The fourth-order valence-electron chi connectivity index (χ4n) is 1.68. The predicted molar refractivity (Wildman–Crippen MR) is 80.0 cm³/mol. The molecule has 1 unspecified atom stereocenters. The summed E-state index contributed by atoms with van der Waals surface area (Å²) >= 11 is 15.3. The van der Waals surface area contributed by atoms with Gasteiger partial charge in [0.05, 0.1) is 0 Å². The highest BCUT2D eigenvalue weighted by Crippen LogP contribution is 2.21. The minimum Gasteiger partial charge on any atom is -0.312 e. The zero-order valence-corrected chi connectivity index (χ0v) is 13.1. The van der Waals surface area contributed by atoms with Gasteiger partial charge >= 0.3 is 0 Å². The largest absolute Gasteiger partial charge is 0.312 e. The highest BCUT2D eigenvalue weighted by Gasteiger charge is 2.06. The van der Waals surface area contributed by atoms with Crippen LogP contribution in [-0.2, 0) is 6.54 Å². The maximum absolute atomic E-state index is 6.15. The van der Waals surface area contributed by atoms with Gasteiger partial charge in [-0.2, -0.15) is 0 Å². The van der Waals surface area contributed by atoms with Crippen LogP contribution in [0.15, 0.2) is 22.7 Å². The molecule has 1 atom stereocenters. The quantitative estimate of drug-likeness (QED) is 0.701. The topological polar surface area (TPSA) is 12.0 Å². The monoisotopic (exact) mass is 337 g/mol. The van der Waals surface area contributed by atoms with Crippen LogP contribution in [0.4, 0.5) is 0 Å². The van der Waals surface area contributed by atoms with Gasteiger partial charge in [-0.05, 0) is 36.6 Å². The summed E-state index contributed by atoms with van der Waals surface area (Å²) < 4.78 is 1.01. The van der Waals surface area contributed by atoms with E-state index in [1.165, 1.54) is 0 Å². The van der Waals surface area contributed by atoms with Gasteiger partial charge in [0.1, 0.15) is 0 Å². The summed E-state index contributed by atoms with van der Waals surface area (Å²) in [6.45, 7) is 4.01. The van der Waals surface area contributed by atoms with E-state index in [2.05, 4.69) is 28.2 Å². The zero-order valence-electron chi connectivity index (χ0n) is 9.98. The fourth-order valence-corrected chi connectivity index (χ4v) is 2.73. The molecule has 0 heterocycles. The lowest BCUT2D eigenvalue weighted by Gasteiger charge is -2.14. The first kappa shape index (κ1) is 15.3. The Labute approximate surface area is 122 Å². The number of nitrogens with one attached hydrogen (secondary N) is 1. The van der Waals surface area contributed by atoms with Gasteiger partial charge in [-0.25, -0.2) is 0 Å². The normalized spacial score (nSPS) is 12.7. The van der Waals surface area contributed by atoms with E-state index in [0.29, 0.717) is 5.92 Å². The second kappa shape index (κ2) is 8.36. The smallest absolute Gasteiger partial charge is 0.0462 e. The maximum Gasteiger partial charge on any atom is 0.0462 e. The Morgan fingerprint density at radius 3 is 2.76 bits per heavy atom. The second-order valence-corrected chi connectivity index (χ2v) is 5.82. The summed E-state index contributed by atoms with van der Waals surface area (Å²) in [5, 5.41) is 4.24. The van der Waals surface area contributed by atoms with E-state index in [1.54, 1.807) is 0 Å². The van der Waals surface area contributed by atoms with Gasteiger partial charge < -0.3 is 5.32 Å². The van der Waals surface area contributed by atoms with Gasteiger partial charge in [-0.15, -0.1) is 11.6 Å². The van der Waals surface area contributed by atoms with Crippen molar-refractivity contribution in [3.8, 4) is 0 Å². The van der Waals surface area contributed by atoms with Gasteiger partial charge in [0, 0.05) is 21.9 Å². The van der Waals surface area contributed by atoms with Crippen molar-refractivity contribution in [2.45, 2.75) is 26.3 Å². The van der Waals surface area contributed by atoms with Gasteiger partial charge in [-0.3, -0.25) is 0 Å². The van der Waals surface area contributed by atoms with E-state index < -0.39 is 0 Å². The van der Waals surface area contributed by atoms with Gasteiger partial charge in [0.15, 0.2) is 0 Å². The first-order valence-corrected chi connectivity index (χ1v) is 7.58. The van der Waals surface area contributed by atoms with E-state index in [4.69, 9.17) is 23.2 Å². The summed E-state index contributed by atoms with van der Waals surface area (Å²) in [7, 11) is 0. The molecule has 1 N–H and O–H groups in total. The lowest BCUT2D eigenvalue weighted by Crippen LogP contribution is -2.22. The average molecular weight is 339 g/mol. The van der Waals surface area contributed by atoms with Gasteiger partial charge in [0.2, 0.25) is 0 Å². The second-order valence-electron chi connectivity index (χ2n) is 4.12. The molecule has 4 heteroatoms. The van der Waals surface area contributed by atoms with Crippen molar-refractivity contribution in [3.63, 3.8) is 0 Å². The summed E-state index contributed by atoms with van der Waals surface area (Å²) in [4.78, 5) is 0. The number of hydrogen-bond donors (Lipinski definition) is 1. The van der Waals surface area contributed by atoms with E-state index in [0.717, 1.165) is 46.9 Å². The van der Waals surface area contributed by atoms with Crippen LogP contribution in [0.1, 0.15) is 25.3 Å². The van der Waals surface area contributed by atoms with E-state index in [1.807, 2.05) is 18.2 Å². The molecule has 0 aliphatic heterocycles. The maximum atomic E-state index is 6.15. The molecule has 0 amide bonds. The average Bonchev–Trinajstić information content (AvgIpc) is 2.30. The molecule has 96 valence electrons. The number of rotatable bonds is 7. The number of halogens is 3. The molecule has 0 aliphatic carbocycles. The van der Waals surface area contributed by atoms with Crippen LogP contribution in [0.25, 0.3) is 0 Å². The minimum absolute atomic E-state index is 0.654. The molecule has 0 aromatic heterocycles. The van der Waals surface area contributed by atoms with Crippen LogP contribution < -0.4 is 5.32 Å². The standard InChI is InChI=1S/C13H18BrCl2N/c1-2-10(5-6-15)8-17-9-11-3-4-12(14)7-13(11)16/h3-4,7,10,17H,2,5-6,8-9H2,1H3. The lowest BCUT2D eigenvalue weighted by molar-refractivity contribution is 0.451. The molecule has 0 bridgehead atoms. The Balaban J connectivity index is 2.39. The molecule has 1 nitrogen and oxygen atoms in total. The first-order valence-electron chi connectivity index (χ1n) is 5.88. The molecule has 1 aromatic carbocycles. The minimum atomic E-state index is 0.654. The third-order valence-electron chi connectivity index (χ3n) is 2.86. The molecule has 0 aliphatic rings. The Morgan fingerprint density at radius 2 is 2.18 bits per heavy atom. The Hall–Kier alpha value is 0.240. The lowest BCUT2D eigenvalue weighted by atomic mass is 10.0. The Morgan fingerprint density at radius 1 is 1.41 bits per heavy atom. The highest BCUT2D eigenvalue weighted by molar-refractivity contribution is 9.10.